The molecular weight excluding hydrogens is 214 g/mol. The summed E-state index contributed by atoms with van der Waals surface area (Å²) in [5.41, 5.74) is 1.23. The van der Waals surface area contributed by atoms with Crippen LogP contribution in [0.2, 0.25) is 0 Å². The molecule has 5 nitrogen and oxygen atoms in total. The van der Waals surface area contributed by atoms with E-state index in [-0.39, 0.29) is 0 Å². The molecule has 0 bridgehead atoms. The first-order valence-electron chi connectivity index (χ1n) is 5.97. The number of aryl methyl sites for hydroxylation is 2. The zero-order valence-corrected chi connectivity index (χ0v) is 10.4. The second-order valence-corrected chi connectivity index (χ2v) is 4.05. The van der Waals surface area contributed by atoms with Crippen LogP contribution in [0.25, 0.3) is 0 Å². The molecule has 2 aromatic heterocycles. The van der Waals surface area contributed by atoms with Crippen molar-refractivity contribution >= 4 is 0 Å². The van der Waals surface area contributed by atoms with Crippen molar-refractivity contribution in [1.29, 1.82) is 0 Å². The highest BCUT2D eigenvalue weighted by Crippen LogP contribution is 1.99. The van der Waals surface area contributed by atoms with E-state index in [1.165, 1.54) is 5.69 Å². The minimum absolute atomic E-state index is 0.859. The molecule has 92 valence electrons. The molecule has 0 fully saturated rings. The van der Waals surface area contributed by atoms with Crippen molar-refractivity contribution in [2.24, 2.45) is 7.05 Å². The molecule has 0 unspecified atom stereocenters. The Balaban J connectivity index is 1.75. The average Bonchev–Trinajstić information content (AvgIpc) is 2.93. The van der Waals surface area contributed by atoms with Gasteiger partial charge in [-0.15, -0.1) is 0 Å². The predicted octanol–water partition coefficient (Wildman–Crippen LogP) is 0.969. The van der Waals surface area contributed by atoms with Crippen LogP contribution in [0.3, 0.4) is 0 Å². The third-order valence-electron chi connectivity index (χ3n) is 2.89. The van der Waals surface area contributed by atoms with Gasteiger partial charge in [0, 0.05) is 51.7 Å². The maximum absolute atomic E-state index is 4.29. The van der Waals surface area contributed by atoms with Gasteiger partial charge in [0.2, 0.25) is 0 Å². The molecule has 0 spiro atoms. The summed E-state index contributed by atoms with van der Waals surface area (Å²) in [5, 5.41) is 3.41. The Labute approximate surface area is 102 Å². The molecule has 0 aliphatic rings. The smallest absolute Gasteiger partial charge is 0.109 e. The summed E-state index contributed by atoms with van der Waals surface area (Å²) in [7, 11) is 2.02. The van der Waals surface area contributed by atoms with E-state index in [1.54, 1.807) is 0 Å². The predicted molar refractivity (Wildman–Crippen MR) is 66.5 cm³/mol. The highest BCUT2D eigenvalue weighted by atomic mass is 15.1. The molecule has 0 amide bonds. The van der Waals surface area contributed by atoms with Crippen molar-refractivity contribution in [3.8, 4) is 0 Å². The van der Waals surface area contributed by atoms with Gasteiger partial charge in [0.1, 0.15) is 5.82 Å². The van der Waals surface area contributed by atoms with Crippen LogP contribution >= 0.6 is 0 Å². The third kappa shape index (κ3) is 2.94. The van der Waals surface area contributed by atoms with Crippen molar-refractivity contribution in [3.05, 3.63) is 36.4 Å². The van der Waals surface area contributed by atoms with E-state index in [9.17, 15) is 0 Å². The molecule has 2 heterocycles. The summed E-state index contributed by atoms with van der Waals surface area (Å²) in [5.74, 6) is 1.11. The molecule has 0 aliphatic heterocycles. The molecular formula is C12H19N5. The van der Waals surface area contributed by atoms with Crippen LogP contribution in [0.4, 0.5) is 0 Å². The van der Waals surface area contributed by atoms with Gasteiger partial charge in [-0.2, -0.15) is 0 Å². The largest absolute Gasteiger partial charge is 0.338 e. The number of rotatable bonds is 6. The lowest BCUT2D eigenvalue weighted by atomic mass is 10.3. The molecule has 0 atom stereocenters. The fourth-order valence-electron chi connectivity index (χ4n) is 1.83. The van der Waals surface area contributed by atoms with Gasteiger partial charge in [0.25, 0.3) is 0 Å². The lowest BCUT2D eigenvalue weighted by Gasteiger charge is -2.07. The number of imidazole rings is 2. The minimum Gasteiger partial charge on any atom is -0.338 e. The van der Waals surface area contributed by atoms with E-state index in [4.69, 9.17) is 0 Å². The fraction of sp³-hybridized carbons (Fsp3) is 0.500. The van der Waals surface area contributed by atoms with E-state index in [0.29, 0.717) is 0 Å². The molecule has 2 rings (SSSR count). The minimum atomic E-state index is 0.859. The Hall–Kier alpha value is -1.62. The monoisotopic (exact) mass is 233 g/mol. The number of aromatic nitrogens is 4. The topological polar surface area (TPSA) is 47.7 Å². The van der Waals surface area contributed by atoms with Crippen molar-refractivity contribution in [2.45, 2.75) is 26.4 Å². The average molecular weight is 233 g/mol. The van der Waals surface area contributed by atoms with E-state index >= 15 is 0 Å². The molecule has 17 heavy (non-hydrogen) atoms. The zero-order valence-electron chi connectivity index (χ0n) is 10.4. The van der Waals surface area contributed by atoms with E-state index in [0.717, 1.165) is 31.9 Å². The number of hydrogen-bond acceptors (Lipinski definition) is 3. The highest BCUT2D eigenvalue weighted by molar-refractivity contribution is 4.98. The lowest BCUT2D eigenvalue weighted by Crippen LogP contribution is -2.19. The SMILES string of the molecule is CCn1cncc1CNCCc1nccn1C. The Morgan fingerprint density at radius 1 is 1.41 bits per heavy atom. The van der Waals surface area contributed by atoms with Gasteiger partial charge in [-0.3, -0.25) is 0 Å². The summed E-state index contributed by atoms with van der Waals surface area (Å²) in [6.45, 7) is 4.88. The van der Waals surface area contributed by atoms with E-state index in [2.05, 4.69) is 31.3 Å². The van der Waals surface area contributed by atoms with Crippen molar-refractivity contribution in [3.63, 3.8) is 0 Å². The summed E-state index contributed by atoms with van der Waals surface area (Å²) in [6, 6.07) is 0. The van der Waals surface area contributed by atoms with Gasteiger partial charge >= 0.3 is 0 Å². The normalized spacial score (nSPS) is 10.9. The standard InChI is InChI=1S/C12H19N5/c1-3-17-10-14-9-11(17)8-13-5-4-12-15-6-7-16(12)2/h6-7,9-10,13H,3-5,8H2,1-2H3. The summed E-state index contributed by atoms with van der Waals surface area (Å²) in [4.78, 5) is 8.43. The van der Waals surface area contributed by atoms with Crippen molar-refractivity contribution in [1.82, 2.24) is 24.4 Å². The second kappa shape index (κ2) is 5.63. The van der Waals surface area contributed by atoms with Gasteiger partial charge in [0.05, 0.1) is 12.0 Å². The number of nitrogens with zero attached hydrogens (tertiary/aromatic N) is 4. The Morgan fingerprint density at radius 3 is 3.00 bits per heavy atom. The molecule has 0 saturated carbocycles. The zero-order chi connectivity index (χ0) is 12.1. The first kappa shape index (κ1) is 11.9. The Bertz CT molecular complexity index is 457. The molecule has 0 radical (unpaired) electrons. The van der Waals surface area contributed by atoms with Gasteiger partial charge < -0.3 is 14.5 Å². The quantitative estimate of drug-likeness (QED) is 0.756. The maximum Gasteiger partial charge on any atom is 0.109 e. The van der Waals surface area contributed by atoms with Gasteiger partial charge in [0.15, 0.2) is 0 Å². The van der Waals surface area contributed by atoms with E-state index in [1.807, 2.05) is 32.0 Å². The van der Waals surface area contributed by atoms with Crippen molar-refractivity contribution < 1.29 is 0 Å². The Kier molecular flexibility index (Phi) is 3.93. The lowest BCUT2D eigenvalue weighted by molar-refractivity contribution is 0.614. The van der Waals surface area contributed by atoms with Gasteiger partial charge in [-0.05, 0) is 6.92 Å². The third-order valence-corrected chi connectivity index (χ3v) is 2.89. The molecule has 0 aliphatic carbocycles. The molecule has 1 N–H and O–H groups in total. The van der Waals surface area contributed by atoms with E-state index < -0.39 is 0 Å². The molecule has 0 saturated heterocycles. The van der Waals surface area contributed by atoms with Crippen LogP contribution in [-0.2, 0) is 26.6 Å². The van der Waals surface area contributed by atoms with Crippen LogP contribution in [0, 0.1) is 0 Å². The first-order valence-corrected chi connectivity index (χ1v) is 5.97. The fourth-order valence-corrected chi connectivity index (χ4v) is 1.83. The van der Waals surface area contributed by atoms with Crippen LogP contribution in [0.15, 0.2) is 24.9 Å². The number of hydrogen-bond donors (Lipinski definition) is 1. The van der Waals surface area contributed by atoms with Crippen LogP contribution < -0.4 is 5.32 Å². The van der Waals surface area contributed by atoms with Gasteiger partial charge in [-0.25, -0.2) is 9.97 Å². The van der Waals surface area contributed by atoms with Crippen LogP contribution in [0.1, 0.15) is 18.4 Å². The van der Waals surface area contributed by atoms with Crippen LogP contribution in [-0.4, -0.2) is 25.6 Å². The molecule has 0 aromatic carbocycles. The number of nitrogens with one attached hydrogen (secondary N) is 1. The second-order valence-electron chi connectivity index (χ2n) is 4.05. The summed E-state index contributed by atoms with van der Waals surface area (Å²) < 4.78 is 4.20. The summed E-state index contributed by atoms with van der Waals surface area (Å²) in [6.07, 6.45) is 8.54. The van der Waals surface area contributed by atoms with Gasteiger partial charge in [-0.1, -0.05) is 0 Å². The maximum atomic E-state index is 4.29. The Morgan fingerprint density at radius 2 is 2.29 bits per heavy atom. The van der Waals surface area contributed by atoms with Crippen molar-refractivity contribution in [2.75, 3.05) is 6.54 Å². The first-order chi connectivity index (χ1) is 8.31. The van der Waals surface area contributed by atoms with Crippen LogP contribution in [0.5, 0.6) is 0 Å². The molecule has 2 aromatic rings. The highest BCUT2D eigenvalue weighted by Gasteiger charge is 2.01. The summed E-state index contributed by atoms with van der Waals surface area (Å²) >= 11 is 0. The molecule has 5 heteroatoms.